The van der Waals surface area contributed by atoms with E-state index in [0.29, 0.717) is 44.9 Å². The zero-order valence-corrected chi connectivity index (χ0v) is 21.5. The highest BCUT2D eigenvalue weighted by Gasteiger charge is 2.22. The molecule has 9 nitrogen and oxygen atoms in total. The third kappa shape index (κ3) is 4.37. The Morgan fingerprint density at radius 1 is 0.950 bits per heavy atom. The fourth-order valence-electron chi connectivity index (χ4n) is 5.49. The quantitative estimate of drug-likeness (QED) is 0.240. The van der Waals surface area contributed by atoms with Gasteiger partial charge in [-0.2, -0.15) is 5.10 Å². The minimum absolute atomic E-state index is 0.00385. The first-order chi connectivity index (χ1) is 19.6. The Bertz CT molecular complexity index is 1860. The maximum Gasteiger partial charge on any atom is 0.227 e. The van der Waals surface area contributed by atoms with Crippen molar-refractivity contribution in [2.24, 2.45) is 5.92 Å². The molecule has 1 aliphatic carbocycles. The number of carbonyl (C=O) groups excluding carboxylic acids is 1. The normalized spacial score (nSPS) is 14.1. The largest absolute Gasteiger partial charge is 0.335 e. The number of carbonyl (C=O) groups is 1. The van der Waals surface area contributed by atoms with E-state index in [1.54, 1.807) is 43.1 Å². The SMILES string of the molecule is O=C(Nc1cncc(-c2cc3c(-c4nc5nccc(-c6cccnc6)c5[nH]4)n[nH]c3cc2F)c1)C1CCCCC1. The van der Waals surface area contributed by atoms with E-state index < -0.39 is 5.82 Å². The number of pyridine rings is 3. The molecular formula is C30H25FN8O. The lowest BCUT2D eigenvalue weighted by Gasteiger charge is -2.20. The van der Waals surface area contributed by atoms with Gasteiger partial charge in [0.1, 0.15) is 11.5 Å². The molecule has 0 atom stereocenters. The van der Waals surface area contributed by atoms with E-state index in [0.717, 1.165) is 42.3 Å². The van der Waals surface area contributed by atoms with Crippen LogP contribution in [-0.4, -0.2) is 41.0 Å². The molecule has 0 aliphatic heterocycles. The van der Waals surface area contributed by atoms with E-state index in [4.69, 9.17) is 0 Å². The molecule has 0 radical (unpaired) electrons. The Labute approximate surface area is 228 Å². The molecule has 0 spiro atoms. The van der Waals surface area contributed by atoms with Crippen LogP contribution in [0.1, 0.15) is 32.1 Å². The summed E-state index contributed by atoms with van der Waals surface area (Å²) in [6.45, 7) is 0. The summed E-state index contributed by atoms with van der Waals surface area (Å²) < 4.78 is 15.3. The molecule has 0 unspecified atom stereocenters. The van der Waals surface area contributed by atoms with E-state index >= 15 is 4.39 Å². The summed E-state index contributed by atoms with van der Waals surface area (Å²) in [4.78, 5) is 33.7. The standard InChI is InChI=1S/C30H25FN8O/c31-24-13-25-23(12-22(24)19-11-20(16-33-15-19)35-30(40)17-5-2-1-3-6-17)27(39-38-25)29-36-26-21(8-10-34-28(26)37-29)18-7-4-9-32-14-18/h4,7-17H,1-3,5-6H2,(H,35,40)(H,38,39)(H,34,36,37). The number of hydrogen-bond donors (Lipinski definition) is 3. The van der Waals surface area contributed by atoms with Crippen LogP contribution in [0.5, 0.6) is 0 Å². The highest BCUT2D eigenvalue weighted by molar-refractivity contribution is 5.98. The lowest BCUT2D eigenvalue weighted by molar-refractivity contribution is -0.120. The van der Waals surface area contributed by atoms with Crippen molar-refractivity contribution in [1.29, 1.82) is 0 Å². The first-order valence-electron chi connectivity index (χ1n) is 13.3. The van der Waals surface area contributed by atoms with Crippen molar-refractivity contribution in [3.05, 3.63) is 73.2 Å². The number of halogens is 1. The Kier molecular flexibility index (Phi) is 5.99. The summed E-state index contributed by atoms with van der Waals surface area (Å²) in [5, 5.41) is 11.0. The second-order valence-corrected chi connectivity index (χ2v) is 10.1. The van der Waals surface area contributed by atoms with Gasteiger partial charge in [-0.1, -0.05) is 25.3 Å². The number of imidazole rings is 1. The monoisotopic (exact) mass is 532 g/mol. The lowest BCUT2D eigenvalue weighted by Crippen LogP contribution is -2.24. The number of nitrogens with one attached hydrogen (secondary N) is 3. The van der Waals surface area contributed by atoms with Crippen LogP contribution in [0.4, 0.5) is 10.1 Å². The summed E-state index contributed by atoms with van der Waals surface area (Å²) in [5.74, 6) is 0.0893. The maximum atomic E-state index is 15.3. The average molecular weight is 533 g/mol. The average Bonchev–Trinajstić information content (AvgIpc) is 3.61. The molecule has 6 aromatic rings. The molecule has 5 heterocycles. The highest BCUT2D eigenvalue weighted by atomic mass is 19.1. The molecular weight excluding hydrogens is 507 g/mol. The van der Waals surface area contributed by atoms with Crippen LogP contribution in [0.2, 0.25) is 0 Å². The second-order valence-electron chi connectivity index (χ2n) is 10.1. The van der Waals surface area contributed by atoms with Gasteiger partial charge in [0, 0.05) is 64.4 Å². The van der Waals surface area contributed by atoms with Gasteiger partial charge in [0.05, 0.1) is 22.9 Å². The molecule has 0 saturated heterocycles. The number of fused-ring (bicyclic) bond motifs is 2. The number of nitrogens with zero attached hydrogens (tertiary/aromatic N) is 5. The number of anilines is 1. The van der Waals surface area contributed by atoms with Crippen LogP contribution in [0.3, 0.4) is 0 Å². The van der Waals surface area contributed by atoms with Crippen LogP contribution >= 0.6 is 0 Å². The smallest absolute Gasteiger partial charge is 0.227 e. The van der Waals surface area contributed by atoms with Crippen molar-refractivity contribution < 1.29 is 9.18 Å². The minimum atomic E-state index is -0.426. The molecule has 1 aromatic carbocycles. The molecule has 1 fully saturated rings. The fraction of sp³-hybridized carbons (Fsp3) is 0.200. The van der Waals surface area contributed by atoms with Crippen LogP contribution in [0, 0.1) is 11.7 Å². The third-order valence-electron chi connectivity index (χ3n) is 7.53. The van der Waals surface area contributed by atoms with Gasteiger partial charge in [-0.15, -0.1) is 0 Å². The van der Waals surface area contributed by atoms with Crippen LogP contribution in [-0.2, 0) is 4.79 Å². The van der Waals surface area contributed by atoms with E-state index in [1.165, 1.54) is 12.5 Å². The Morgan fingerprint density at radius 3 is 2.67 bits per heavy atom. The number of H-pyrrole nitrogens is 2. The van der Waals surface area contributed by atoms with Gasteiger partial charge >= 0.3 is 0 Å². The Hall–Kier alpha value is -4.99. The van der Waals surface area contributed by atoms with Gasteiger partial charge in [0.2, 0.25) is 5.91 Å². The Morgan fingerprint density at radius 2 is 1.82 bits per heavy atom. The van der Waals surface area contributed by atoms with Crippen LogP contribution in [0.25, 0.3) is 55.8 Å². The lowest BCUT2D eigenvalue weighted by atomic mass is 9.88. The Balaban J connectivity index is 1.25. The summed E-state index contributed by atoms with van der Waals surface area (Å²) in [7, 11) is 0. The summed E-state index contributed by atoms with van der Waals surface area (Å²) in [6.07, 6.45) is 13.5. The van der Waals surface area contributed by atoms with Crippen molar-refractivity contribution in [3.8, 4) is 33.8 Å². The van der Waals surface area contributed by atoms with Crippen molar-refractivity contribution in [2.45, 2.75) is 32.1 Å². The first-order valence-corrected chi connectivity index (χ1v) is 13.3. The van der Waals surface area contributed by atoms with Crippen molar-refractivity contribution in [3.63, 3.8) is 0 Å². The van der Waals surface area contributed by atoms with Crippen molar-refractivity contribution >= 4 is 33.7 Å². The van der Waals surface area contributed by atoms with Gasteiger partial charge in [-0.05, 0) is 37.1 Å². The van der Waals surface area contributed by atoms with Gasteiger partial charge in [0.15, 0.2) is 11.5 Å². The molecule has 5 aromatic heterocycles. The van der Waals surface area contributed by atoms with E-state index in [-0.39, 0.29) is 11.8 Å². The number of aromatic nitrogens is 7. The summed E-state index contributed by atoms with van der Waals surface area (Å²) >= 11 is 0. The molecule has 3 N–H and O–H groups in total. The molecule has 40 heavy (non-hydrogen) atoms. The summed E-state index contributed by atoms with van der Waals surface area (Å²) in [6, 6.07) is 10.7. The predicted molar refractivity (Wildman–Crippen MR) is 151 cm³/mol. The molecule has 198 valence electrons. The number of amides is 1. The fourth-order valence-corrected chi connectivity index (χ4v) is 5.49. The molecule has 0 bridgehead atoms. The zero-order chi connectivity index (χ0) is 27.1. The molecule has 10 heteroatoms. The third-order valence-corrected chi connectivity index (χ3v) is 7.53. The van der Waals surface area contributed by atoms with E-state index in [9.17, 15) is 4.79 Å². The first kappa shape index (κ1) is 24.1. The van der Waals surface area contributed by atoms with Crippen molar-refractivity contribution in [1.82, 2.24) is 35.1 Å². The molecule has 1 amide bonds. The van der Waals surface area contributed by atoms with Gasteiger partial charge in [0.25, 0.3) is 0 Å². The number of benzene rings is 1. The molecule has 1 aliphatic rings. The van der Waals surface area contributed by atoms with Crippen LogP contribution < -0.4 is 5.32 Å². The number of aromatic amines is 2. The van der Waals surface area contributed by atoms with Gasteiger partial charge in [-0.25, -0.2) is 14.4 Å². The second kappa shape index (κ2) is 9.96. The zero-order valence-electron chi connectivity index (χ0n) is 21.5. The van der Waals surface area contributed by atoms with E-state index in [2.05, 4.69) is 40.4 Å². The number of hydrogen-bond acceptors (Lipinski definition) is 6. The van der Waals surface area contributed by atoms with Gasteiger partial charge in [-0.3, -0.25) is 19.9 Å². The van der Waals surface area contributed by atoms with Crippen molar-refractivity contribution in [2.75, 3.05) is 5.32 Å². The minimum Gasteiger partial charge on any atom is -0.335 e. The maximum absolute atomic E-state index is 15.3. The molecule has 7 rings (SSSR count). The summed E-state index contributed by atoms with van der Waals surface area (Å²) in [5.41, 5.74) is 5.68. The number of rotatable bonds is 5. The molecule has 1 saturated carbocycles. The van der Waals surface area contributed by atoms with Gasteiger partial charge < -0.3 is 10.3 Å². The van der Waals surface area contributed by atoms with E-state index in [1.807, 2.05) is 18.2 Å². The highest BCUT2D eigenvalue weighted by Crippen LogP contribution is 2.34. The predicted octanol–water partition coefficient (Wildman–Crippen LogP) is 6.28. The van der Waals surface area contributed by atoms with Crippen LogP contribution in [0.15, 0.2) is 67.4 Å². The topological polar surface area (TPSA) is 125 Å².